The van der Waals surface area contributed by atoms with Crippen LogP contribution in [0, 0.1) is 5.92 Å². The van der Waals surface area contributed by atoms with E-state index in [0.29, 0.717) is 12.5 Å². The minimum Gasteiger partial charge on any atom is -0.381 e. The molecule has 0 atom stereocenters. The van der Waals surface area contributed by atoms with E-state index in [1.54, 1.807) is 7.05 Å². The molecule has 0 unspecified atom stereocenters. The maximum Gasteiger partial charge on any atom is 0.191 e. The van der Waals surface area contributed by atoms with E-state index in [1.165, 1.54) is 0 Å². The standard InChI is InChI=1S/C15H31N3O3.HI/c1-3-19-12-8-18-15(16-2)17-7-4-9-21-13-14-5-10-20-11-6-14;/h14H,3-13H2,1-2H3,(H2,16,17,18);1H. The van der Waals surface area contributed by atoms with Crippen LogP contribution in [0.1, 0.15) is 26.2 Å². The average molecular weight is 429 g/mol. The Hall–Kier alpha value is -0.120. The van der Waals surface area contributed by atoms with Crippen molar-refractivity contribution in [3.8, 4) is 0 Å². The Labute approximate surface area is 151 Å². The van der Waals surface area contributed by atoms with Gasteiger partial charge >= 0.3 is 0 Å². The van der Waals surface area contributed by atoms with Gasteiger partial charge in [-0.25, -0.2) is 0 Å². The molecular weight excluding hydrogens is 397 g/mol. The SMILES string of the molecule is CCOCCNC(=NC)NCCCOCC1CCOCC1.I. The highest BCUT2D eigenvalue weighted by molar-refractivity contribution is 14.0. The van der Waals surface area contributed by atoms with Crippen molar-refractivity contribution in [2.75, 3.05) is 59.8 Å². The first-order valence-electron chi connectivity index (χ1n) is 8.04. The molecule has 0 aliphatic carbocycles. The minimum absolute atomic E-state index is 0. The Morgan fingerprint density at radius 3 is 2.55 bits per heavy atom. The second-order valence-corrected chi connectivity index (χ2v) is 5.11. The smallest absolute Gasteiger partial charge is 0.191 e. The summed E-state index contributed by atoms with van der Waals surface area (Å²) in [7, 11) is 1.78. The molecule has 7 heteroatoms. The maximum absolute atomic E-state index is 5.73. The van der Waals surface area contributed by atoms with E-state index in [-0.39, 0.29) is 24.0 Å². The van der Waals surface area contributed by atoms with Gasteiger partial charge in [-0.15, -0.1) is 24.0 Å². The third kappa shape index (κ3) is 11.4. The molecular formula is C15H32IN3O3. The summed E-state index contributed by atoms with van der Waals surface area (Å²) in [6.45, 7) is 8.51. The molecule has 0 radical (unpaired) electrons. The fourth-order valence-corrected chi connectivity index (χ4v) is 2.15. The topological polar surface area (TPSA) is 64.1 Å². The zero-order valence-electron chi connectivity index (χ0n) is 13.9. The number of hydrogen-bond donors (Lipinski definition) is 2. The molecule has 0 aromatic rings. The molecule has 1 aliphatic heterocycles. The van der Waals surface area contributed by atoms with Crippen LogP contribution in [0.4, 0.5) is 0 Å². The first kappa shape index (κ1) is 21.9. The van der Waals surface area contributed by atoms with Crippen LogP contribution >= 0.6 is 24.0 Å². The number of nitrogens with one attached hydrogen (secondary N) is 2. The van der Waals surface area contributed by atoms with E-state index >= 15 is 0 Å². The van der Waals surface area contributed by atoms with Gasteiger partial charge in [-0.05, 0) is 32.1 Å². The molecule has 2 N–H and O–H groups in total. The van der Waals surface area contributed by atoms with Crippen LogP contribution in [-0.4, -0.2) is 65.7 Å². The molecule has 1 saturated heterocycles. The lowest BCUT2D eigenvalue weighted by Crippen LogP contribution is -2.39. The third-order valence-corrected chi connectivity index (χ3v) is 3.42. The second-order valence-electron chi connectivity index (χ2n) is 5.11. The average Bonchev–Trinajstić information content (AvgIpc) is 2.53. The molecule has 1 aliphatic rings. The van der Waals surface area contributed by atoms with E-state index in [0.717, 1.165) is 71.3 Å². The molecule has 0 aromatic carbocycles. The van der Waals surface area contributed by atoms with Crippen molar-refractivity contribution in [2.45, 2.75) is 26.2 Å². The van der Waals surface area contributed by atoms with Crippen molar-refractivity contribution >= 4 is 29.9 Å². The quantitative estimate of drug-likeness (QED) is 0.239. The first-order valence-corrected chi connectivity index (χ1v) is 8.04. The van der Waals surface area contributed by atoms with Crippen molar-refractivity contribution in [1.82, 2.24) is 10.6 Å². The molecule has 132 valence electrons. The van der Waals surface area contributed by atoms with Crippen molar-refractivity contribution in [1.29, 1.82) is 0 Å². The molecule has 1 heterocycles. The monoisotopic (exact) mass is 429 g/mol. The number of nitrogens with zero attached hydrogens (tertiary/aromatic N) is 1. The third-order valence-electron chi connectivity index (χ3n) is 3.42. The molecule has 0 bridgehead atoms. The molecule has 6 nitrogen and oxygen atoms in total. The number of guanidine groups is 1. The lowest BCUT2D eigenvalue weighted by molar-refractivity contribution is 0.0203. The van der Waals surface area contributed by atoms with Crippen LogP contribution in [-0.2, 0) is 14.2 Å². The van der Waals surface area contributed by atoms with Gasteiger partial charge in [0.25, 0.3) is 0 Å². The van der Waals surface area contributed by atoms with Gasteiger partial charge in [0, 0.05) is 53.2 Å². The summed E-state index contributed by atoms with van der Waals surface area (Å²) < 4.78 is 16.3. The Bertz CT molecular complexity index is 275. The second kappa shape index (κ2) is 15.8. The molecule has 0 amide bonds. The molecule has 1 fully saturated rings. The van der Waals surface area contributed by atoms with Gasteiger partial charge in [0.2, 0.25) is 0 Å². The van der Waals surface area contributed by atoms with Gasteiger partial charge in [0.05, 0.1) is 6.61 Å². The fourth-order valence-electron chi connectivity index (χ4n) is 2.15. The first-order chi connectivity index (χ1) is 10.4. The predicted molar refractivity (Wildman–Crippen MR) is 100 cm³/mol. The van der Waals surface area contributed by atoms with E-state index in [4.69, 9.17) is 14.2 Å². The van der Waals surface area contributed by atoms with Crippen molar-refractivity contribution < 1.29 is 14.2 Å². The predicted octanol–water partition coefficient (Wildman–Crippen LogP) is 1.64. The summed E-state index contributed by atoms with van der Waals surface area (Å²) in [6.07, 6.45) is 3.25. The van der Waals surface area contributed by atoms with Gasteiger partial charge < -0.3 is 24.8 Å². The van der Waals surface area contributed by atoms with Crippen LogP contribution in [0.3, 0.4) is 0 Å². The zero-order valence-corrected chi connectivity index (χ0v) is 16.3. The number of ether oxygens (including phenoxy) is 3. The highest BCUT2D eigenvalue weighted by atomic mass is 127. The van der Waals surface area contributed by atoms with Crippen LogP contribution in [0.15, 0.2) is 4.99 Å². The zero-order chi connectivity index (χ0) is 15.2. The number of rotatable bonds is 10. The summed E-state index contributed by atoms with van der Waals surface area (Å²) in [4.78, 5) is 4.16. The van der Waals surface area contributed by atoms with Crippen LogP contribution in [0.25, 0.3) is 0 Å². The lowest BCUT2D eigenvalue weighted by atomic mass is 10.0. The highest BCUT2D eigenvalue weighted by Crippen LogP contribution is 2.14. The van der Waals surface area contributed by atoms with E-state index < -0.39 is 0 Å². The molecule has 22 heavy (non-hydrogen) atoms. The van der Waals surface area contributed by atoms with Gasteiger partial charge in [0.15, 0.2) is 5.96 Å². The summed E-state index contributed by atoms with van der Waals surface area (Å²) in [5, 5.41) is 6.47. The van der Waals surface area contributed by atoms with Crippen LogP contribution in [0.2, 0.25) is 0 Å². The van der Waals surface area contributed by atoms with Crippen molar-refractivity contribution in [3.63, 3.8) is 0 Å². The van der Waals surface area contributed by atoms with Gasteiger partial charge in [0.1, 0.15) is 0 Å². The van der Waals surface area contributed by atoms with Crippen molar-refractivity contribution in [3.05, 3.63) is 0 Å². The Morgan fingerprint density at radius 2 is 1.86 bits per heavy atom. The fraction of sp³-hybridized carbons (Fsp3) is 0.933. The van der Waals surface area contributed by atoms with E-state index in [2.05, 4.69) is 15.6 Å². The van der Waals surface area contributed by atoms with Crippen LogP contribution < -0.4 is 10.6 Å². The van der Waals surface area contributed by atoms with E-state index in [9.17, 15) is 0 Å². The maximum atomic E-state index is 5.73. The lowest BCUT2D eigenvalue weighted by Gasteiger charge is -2.21. The Morgan fingerprint density at radius 1 is 1.14 bits per heavy atom. The Kier molecular flexibility index (Phi) is 15.7. The van der Waals surface area contributed by atoms with Gasteiger partial charge in [-0.2, -0.15) is 0 Å². The molecule has 0 aromatic heterocycles. The number of aliphatic imine (C=N–C) groups is 1. The molecule has 0 saturated carbocycles. The summed E-state index contributed by atoms with van der Waals surface area (Å²) >= 11 is 0. The number of hydrogen-bond acceptors (Lipinski definition) is 4. The summed E-state index contributed by atoms with van der Waals surface area (Å²) in [5.74, 6) is 1.50. The highest BCUT2D eigenvalue weighted by Gasteiger charge is 2.13. The van der Waals surface area contributed by atoms with Gasteiger partial charge in [-0.3, -0.25) is 4.99 Å². The molecule has 0 spiro atoms. The minimum atomic E-state index is 0. The summed E-state index contributed by atoms with van der Waals surface area (Å²) in [6, 6.07) is 0. The van der Waals surface area contributed by atoms with Crippen molar-refractivity contribution in [2.24, 2.45) is 10.9 Å². The number of halogens is 1. The van der Waals surface area contributed by atoms with Gasteiger partial charge in [-0.1, -0.05) is 0 Å². The largest absolute Gasteiger partial charge is 0.381 e. The van der Waals surface area contributed by atoms with E-state index in [1.807, 2.05) is 6.92 Å². The normalized spacial score (nSPS) is 16.2. The van der Waals surface area contributed by atoms with Crippen LogP contribution in [0.5, 0.6) is 0 Å². The Balaban J connectivity index is 0.00000441. The molecule has 1 rings (SSSR count). The summed E-state index contributed by atoms with van der Waals surface area (Å²) in [5.41, 5.74) is 0.